The van der Waals surface area contributed by atoms with E-state index in [1.54, 1.807) is 77.7 Å². The van der Waals surface area contributed by atoms with Crippen LogP contribution in [0.5, 0.6) is 0 Å². The maximum atomic E-state index is 13.3. The smallest absolute Gasteiger partial charge is 0.303 e. The number of hydrogen-bond donors (Lipinski definition) is 0. The Balaban J connectivity index is 1.24. The second-order valence-electron chi connectivity index (χ2n) is 9.44. The second-order valence-corrected chi connectivity index (χ2v) is 11.8. The van der Waals surface area contributed by atoms with Gasteiger partial charge in [0.25, 0.3) is 5.91 Å². The van der Waals surface area contributed by atoms with E-state index in [-0.39, 0.29) is 49.3 Å². The van der Waals surface area contributed by atoms with Crippen LogP contribution >= 0.6 is 11.6 Å². The summed E-state index contributed by atoms with van der Waals surface area (Å²) in [4.78, 5) is 26.1. The van der Waals surface area contributed by atoms with E-state index >= 15 is 0 Å². The van der Waals surface area contributed by atoms with Crippen molar-refractivity contribution >= 4 is 44.3 Å². The largest absolute Gasteiger partial charge is 0.618 e. The van der Waals surface area contributed by atoms with Gasteiger partial charge in [0, 0.05) is 55.8 Å². The Morgan fingerprint density at radius 1 is 0.900 bits per heavy atom. The first-order valence-corrected chi connectivity index (χ1v) is 14.4. The number of benzene rings is 3. The van der Waals surface area contributed by atoms with E-state index in [1.165, 1.54) is 17.4 Å². The summed E-state index contributed by atoms with van der Waals surface area (Å²) in [6.45, 7) is 2.05. The molecule has 2 heterocycles. The fourth-order valence-electron chi connectivity index (χ4n) is 4.62. The average molecular weight is 580 g/mol. The summed E-state index contributed by atoms with van der Waals surface area (Å²) in [5.74, 6) is -0.668. The lowest BCUT2D eigenvalue weighted by Gasteiger charge is -2.34. The molecule has 1 amide bonds. The van der Waals surface area contributed by atoms with E-state index in [0.29, 0.717) is 15.3 Å². The van der Waals surface area contributed by atoms with Crippen molar-refractivity contribution in [3.63, 3.8) is 0 Å². The Kier molecular flexibility index (Phi) is 7.75. The number of esters is 1. The van der Waals surface area contributed by atoms with Gasteiger partial charge in [-0.2, -0.15) is 9.04 Å². The number of ether oxygens (including phenoxy) is 1. The quantitative estimate of drug-likeness (QED) is 0.194. The fraction of sp³-hybridized carbons (Fsp3) is 0.207. The summed E-state index contributed by atoms with van der Waals surface area (Å²) >= 11 is 6.04. The summed E-state index contributed by atoms with van der Waals surface area (Å²) in [7, 11) is -3.72. The lowest BCUT2D eigenvalue weighted by molar-refractivity contribution is -0.616. The van der Waals surface area contributed by atoms with Crippen LogP contribution in [0.25, 0.3) is 21.9 Å². The molecule has 1 saturated heterocycles. The molecule has 0 bridgehead atoms. The van der Waals surface area contributed by atoms with Crippen LogP contribution in [0.3, 0.4) is 0 Å². The second kappa shape index (κ2) is 11.2. The molecule has 0 spiro atoms. The zero-order valence-electron chi connectivity index (χ0n) is 21.6. The van der Waals surface area contributed by atoms with Gasteiger partial charge < -0.3 is 14.8 Å². The number of pyridine rings is 1. The average Bonchev–Trinajstić information content (AvgIpc) is 2.96. The van der Waals surface area contributed by atoms with Crippen LogP contribution in [-0.4, -0.2) is 55.7 Å². The SMILES string of the molecule is CC(=O)OCc1cc(-c2ccc(C(=O)N3CCN(S(=O)(=O)c4ccc5cc(Cl)ccc5c4)CC3)cc2)cc[n+]1[O-]. The normalized spacial score (nSPS) is 14.3. The highest BCUT2D eigenvalue weighted by molar-refractivity contribution is 7.89. The molecule has 9 nitrogen and oxygen atoms in total. The zero-order chi connectivity index (χ0) is 28.4. The minimum Gasteiger partial charge on any atom is -0.618 e. The number of amides is 1. The lowest BCUT2D eigenvalue weighted by Crippen LogP contribution is -2.50. The van der Waals surface area contributed by atoms with Crippen LogP contribution in [0.1, 0.15) is 23.0 Å². The van der Waals surface area contributed by atoms with Gasteiger partial charge in [0.2, 0.25) is 15.7 Å². The van der Waals surface area contributed by atoms with Gasteiger partial charge in [-0.05, 0) is 58.3 Å². The number of rotatable bonds is 6. The van der Waals surface area contributed by atoms with Crippen molar-refractivity contribution in [2.45, 2.75) is 18.4 Å². The van der Waals surface area contributed by atoms with Crippen LogP contribution in [0.15, 0.2) is 83.9 Å². The number of halogens is 1. The number of carbonyl (C=O) groups excluding carboxylic acids is 2. The molecule has 40 heavy (non-hydrogen) atoms. The van der Waals surface area contributed by atoms with E-state index in [2.05, 4.69) is 0 Å². The summed E-state index contributed by atoms with van der Waals surface area (Å²) in [6.07, 6.45) is 1.34. The number of carbonyl (C=O) groups is 2. The molecule has 1 fully saturated rings. The maximum absolute atomic E-state index is 13.3. The van der Waals surface area contributed by atoms with E-state index in [9.17, 15) is 23.2 Å². The van der Waals surface area contributed by atoms with Crippen molar-refractivity contribution in [3.05, 3.63) is 100 Å². The molecule has 0 N–H and O–H groups in total. The third kappa shape index (κ3) is 5.79. The van der Waals surface area contributed by atoms with Gasteiger partial charge in [-0.25, -0.2) is 8.42 Å². The van der Waals surface area contributed by atoms with Gasteiger partial charge in [0.05, 0.1) is 4.90 Å². The third-order valence-corrected chi connectivity index (χ3v) is 8.95. The Labute approximate surface area is 236 Å². The summed E-state index contributed by atoms with van der Waals surface area (Å²) < 4.78 is 33.6. The van der Waals surface area contributed by atoms with E-state index < -0.39 is 16.0 Å². The molecule has 0 radical (unpaired) electrons. The minimum absolute atomic E-state index is 0.138. The van der Waals surface area contributed by atoms with Crippen molar-refractivity contribution in [1.82, 2.24) is 9.21 Å². The molecule has 0 atom stereocenters. The van der Waals surface area contributed by atoms with Crippen LogP contribution in [0.2, 0.25) is 5.02 Å². The van der Waals surface area contributed by atoms with E-state index in [0.717, 1.165) is 21.9 Å². The zero-order valence-corrected chi connectivity index (χ0v) is 23.2. The molecule has 0 unspecified atom stereocenters. The van der Waals surface area contributed by atoms with Gasteiger partial charge in [-0.3, -0.25) is 9.59 Å². The molecule has 0 saturated carbocycles. The van der Waals surface area contributed by atoms with Gasteiger partial charge in [0.15, 0.2) is 12.8 Å². The topological polar surface area (TPSA) is 111 Å². The standard InChI is InChI=1S/C29H26ClN3O6S/c1-20(34)39-19-27-17-25(10-11-33(27)36)21-2-4-22(5-3-21)29(35)31-12-14-32(15-13-31)40(37,38)28-9-7-23-16-26(30)8-6-24(23)18-28/h2-11,16-18H,12-15,19H2,1H3. The first kappa shape index (κ1) is 27.6. The Morgan fingerprint density at radius 2 is 1.57 bits per heavy atom. The number of hydrogen-bond acceptors (Lipinski definition) is 6. The van der Waals surface area contributed by atoms with Gasteiger partial charge in [0.1, 0.15) is 0 Å². The van der Waals surface area contributed by atoms with Crippen molar-refractivity contribution in [2.24, 2.45) is 0 Å². The van der Waals surface area contributed by atoms with Crippen LogP contribution in [0.4, 0.5) is 0 Å². The third-order valence-electron chi connectivity index (χ3n) is 6.82. The lowest BCUT2D eigenvalue weighted by atomic mass is 10.0. The Morgan fingerprint density at radius 3 is 2.27 bits per heavy atom. The molecular formula is C29H26ClN3O6S. The summed E-state index contributed by atoms with van der Waals surface area (Å²) in [5, 5.41) is 14.2. The Hall–Kier alpha value is -3.99. The maximum Gasteiger partial charge on any atom is 0.303 e. The predicted molar refractivity (Wildman–Crippen MR) is 150 cm³/mol. The Bertz CT molecular complexity index is 1700. The highest BCUT2D eigenvalue weighted by Gasteiger charge is 2.30. The first-order valence-electron chi connectivity index (χ1n) is 12.6. The van der Waals surface area contributed by atoms with E-state index in [4.69, 9.17) is 16.3 Å². The number of sulfonamides is 1. The molecule has 1 aromatic heterocycles. The van der Waals surface area contributed by atoms with Crippen molar-refractivity contribution in [1.29, 1.82) is 0 Å². The van der Waals surface area contributed by atoms with Crippen LogP contribution in [-0.2, 0) is 26.2 Å². The molecule has 1 aliphatic rings. The first-order chi connectivity index (χ1) is 19.1. The highest BCUT2D eigenvalue weighted by atomic mass is 35.5. The van der Waals surface area contributed by atoms with Gasteiger partial charge >= 0.3 is 5.97 Å². The minimum atomic E-state index is -3.72. The number of nitrogens with zero attached hydrogens (tertiary/aromatic N) is 3. The summed E-state index contributed by atoms with van der Waals surface area (Å²) in [5.41, 5.74) is 2.29. The number of piperazine rings is 1. The molecule has 206 valence electrons. The molecule has 5 rings (SSSR count). The van der Waals surface area contributed by atoms with Crippen molar-refractivity contribution < 1.29 is 27.5 Å². The molecule has 4 aromatic rings. The summed E-state index contributed by atoms with van der Waals surface area (Å²) in [6, 6.07) is 20.5. The van der Waals surface area contributed by atoms with Crippen molar-refractivity contribution in [3.8, 4) is 11.1 Å². The van der Waals surface area contributed by atoms with Crippen LogP contribution in [0, 0.1) is 5.21 Å². The number of fused-ring (bicyclic) bond motifs is 1. The highest BCUT2D eigenvalue weighted by Crippen LogP contribution is 2.26. The fourth-order valence-corrected chi connectivity index (χ4v) is 6.26. The van der Waals surface area contributed by atoms with Crippen molar-refractivity contribution in [2.75, 3.05) is 26.2 Å². The molecule has 1 aliphatic heterocycles. The van der Waals surface area contributed by atoms with Gasteiger partial charge in [-0.15, -0.1) is 0 Å². The molecule has 11 heteroatoms. The monoisotopic (exact) mass is 579 g/mol. The molecule has 3 aromatic carbocycles. The van der Waals surface area contributed by atoms with E-state index in [1.807, 2.05) is 0 Å². The molecular weight excluding hydrogens is 554 g/mol. The van der Waals surface area contributed by atoms with Gasteiger partial charge in [-0.1, -0.05) is 35.9 Å². The van der Waals surface area contributed by atoms with Crippen LogP contribution < -0.4 is 4.73 Å². The number of aromatic nitrogens is 1. The predicted octanol–water partition coefficient (Wildman–Crippen LogP) is 4.00. The molecule has 0 aliphatic carbocycles.